The molecule has 0 aromatic carbocycles. The molecule has 0 unspecified atom stereocenters. The molecule has 0 atom stereocenters. The number of rotatable bonds is 4. The van der Waals surface area contributed by atoms with Crippen molar-refractivity contribution in [2.45, 2.75) is 25.9 Å². The number of carbonyl (C=O) groups is 2. The van der Waals surface area contributed by atoms with Gasteiger partial charge in [0.1, 0.15) is 0 Å². The average molecular weight is 228 g/mol. The van der Waals surface area contributed by atoms with E-state index >= 15 is 0 Å². The Kier molecular flexibility index (Phi) is 4.70. The number of carbonyl (C=O) groups excluding carboxylic acids is 2. The van der Waals surface area contributed by atoms with Crippen LogP contribution in [0.1, 0.15) is 13.8 Å². The molecule has 3 N–H and O–H groups in total. The zero-order valence-electron chi connectivity index (χ0n) is 10.0. The van der Waals surface area contributed by atoms with Gasteiger partial charge in [-0.05, 0) is 20.9 Å². The van der Waals surface area contributed by atoms with Crippen molar-refractivity contribution in [2.24, 2.45) is 0 Å². The van der Waals surface area contributed by atoms with Crippen LogP contribution >= 0.6 is 0 Å². The summed E-state index contributed by atoms with van der Waals surface area (Å²) in [6.07, 6.45) is 0. The van der Waals surface area contributed by atoms with E-state index in [9.17, 15) is 9.59 Å². The fourth-order valence-corrected chi connectivity index (χ4v) is 1.41. The van der Waals surface area contributed by atoms with E-state index < -0.39 is 6.03 Å². The largest absolute Gasteiger partial charge is 0.336 e. The van der Waals surface area contributed by atoms with Crippen molar-refractivity contribution >= 4 is 11.9 Å². The quantitative estimate of drug-likeness (QED) is 0.584. The second kappa shape index (κ2) is 5.81. The third-order valence-corrected chi connectivity index (χ3v) is 2.45. The van der Waals surface area contributed by atoms with Gasteiger partial charge in [-0.3, -0.25) is 15.0 Å². The van der Waals surface area contributed by atoms with Crippen LogP contribution in [0.25, 0.3) is 0 Å². The second-order valence-electron chi connectivity index (χ2n) is 4.40. The molecular formula is C10H20N4O2. The highest BCUT2D eigenvalue weighted by Gasteiger charge is 2.23. The van der Waals surface area contributed by atoms with Gasteiger partial charge in [0.05, 0.1) is 6.54 Å². The molecule has 6 nitrogen and oxygen atoms in total. The molecule has 1 saturated heterocycles. The third kappa shape index (κ3) is 4.16. The van der Waals surface area contributed by atoms with Crippen LogP contribution in [0.4, 0.5) is 4.79 Å². The predicted molar refractivity (Wildman–Crippen MR) is 61.1 cm³/mol. The van der Waals surface area contributed by atoms with Gasteiger partial charge in [0, 0.05) is 25.2 Å². The smallest absolute Gasteiger partial charge is 0.321 e. The van der Waals surface area contributed by atoms with Crippen molar-refractivity contribution in [1.29, 1.82) is 0 Å². The van der Waals surface area contributed by atoms with Crippen molar-refractivity contribution in [3.8, 4) is 0 Å². The number of urea groups is 1. The molecule has 92 valence electrons. The fraction of sp³-hybridized carbons (Fsp3) is 0.800. The Morgan fingerprint density at radius 3 is 2.50 bits per heavy atom. The van der Waals surface area contributed by atoms with Gasteiger partial charge in [0.25, 0.3) is 0 Å². The molecule has 3 amide bonds. The van der Waals surface area contributed by atoms with Crippen LogP contribution in [0.15, 0.2) is 0 Å². The van der Waals surface area contributed by atoms with Crippen LogP contribution in [-0.4, -0.2) is 55.6 Å². The number of hydrogen-bond donors (Lipinski definition) is 3. The molecule has 0 radical (unpaired) electrons. The molecule has 0 saturated carbocycles. The summed E-state index contributed by atoms with van der Waals surface area (Å²) in [4.78, 5) is 24.6. The van der Waals surface area contributed by atoms with E-state index in [4.69, 9.17) is 0 Å². The lowest BCUT2D eigenvalue weighted by Crippen LogP contribution is -2.58. The molecule has 6 heteroatoms. The van der Waals surface area contributed by atoms with Crippen molar-refractivity contribution in [1.82, 2.24) is 20.9 Å². The molecule has 0 aliphatic carbocycles. The lowest BCUT2D eigenvalue weighted by atomic mass is 10.1. The maximum atomic E-state index is 11.5. The Morgan fingerprint density at radius 2 is 2.06 bits per heavy atom. The Balaban J connectivity index is 2.21. The lowest BCUT2D eigenvalue weighted by Gasteiger charge is -2.35. The van der Waals surface area contributed by atoms with E-state index in [1.807, 2.05) is 25.8 Å². The minimum atomic E-state index is -0.430. The Morgan fingerprint density at radius 1 is 1.44 bits per heavy atom. The molecule has 0 spiro atoms. The minimum Gasteiger partial charge on any atom is -0.336 e. The van der Waals surface area contributed by atoms with E-state index in [2.05, 4.69) is 16.0 Å². The Hall–Kier alpha value is -1.14. The lowest BCUT2D eigenvalue weighted by molar-refractivity contribution is -0.121. The normalized spacial score (nSPS) is 16.1. The molecule has 1 aliphatic rings. The first-order chi connectivity index (χ1) is 7.49. The molecule has 1 aliphatic heterocycles. The van der Waals surface area contributed by atoms with Gasteiger partial charge >= 0.3 is 6.03 Å². The van der Waals surface area contributed by atoms with Gasteiger partial charge in [-0.2, -0.15) is 0 Å². The number of likely N-dealkylation sites (N-methyl/N-ethyl adjacent to an activating group) is 1. The number of hydrogen-bond acceptors (Lipinski definition) is 4. The first-order valence-corrected chi connectivity index (χ1v) is 5.50. The van der Waals surface area contributed by atoms with Gasteiger partial charge in [0.2, 0.25) is 5.91 Å². The molecule has 1 rings (SSSR count). The molecule has 1 fully saturated rings. The zero-order chi connectivity index (χ0) is 12.1. The summed E-state index contributed by atoms with van der Waals surface area (Å²) >= 11 is 0. The monoisotopic (exact) mass is 228 g/mol. The van der Waals surface area contributed by atoms with Crippen LogP contribution in [0.2, 0.25) is 0 Å². The second-order valence-corrected chi connectivity index (χ2v) is 4.40. The maximum absolute atomic E-state index is 11.5. The number of imide groups is 1. The average Bonchev–Trinajstić information content (AvgIpc) is 1.96. The van der Waals surface area contributed by atoms with Crippen molar-refractivity contribution < 1.29 is 9.59 Å². The summed E-state index contributed by atoms with van der Waals surface area (Å²) in [5, 5.41) is 8.03. The summed E-state index contributed by atoms with van der Waals surface area (Å²) in [5.41, 5.74) is 0. The zero-order valence-corrected chi connectivity index (χ0v) is 10.0. The highest BCUT2D eigenvalue weighted by atomic mass is 16.2. The highest BCUT2D eigenvalue weighted by molar-refractivity contribution is 5.95. The SMILES string of the molecule is CC(C)NC(=O)NC(=O)CN(C)C1CNC1. The highest BCUT2D eigenvalue weighted by Crippen LogP contribution is 2.00. The van der Waals surface area contributed by atoms with Crippen molar-refractivity contribution in [3.63, 3.8) is 0 Å². The van der Waals surface area contributed by atoms with E-state index in [-0.39, 0.29) is 18.5 Å². The van der Waals surface area contributed by atoms with Gasteiger partial charge in [-0.1, -0.05) is 0 Å². The van der Waals surface area contributed by atoms with E-state index in [0.29, 0.717) is 6.04 Å². The Labute approximate surface area is 95.8 Å². The Bertz CT molecular complexity index is 264. The van der Waals surface area contributed by atoms with Crippen LogP contribution in [0, 0.1) is 0 Å². The van der Waals surface area contributed by atoms with Crippen molar-refractivity contribution in [3.05, 3.63) is 0 Å². The first-order valence-electron chi connectivity index (χ1n) is 5.50. The molecular weight excluding hydrogens is 208 g/mol. The number of nitrogens with one attached hydrogen (secondary N) is 3. The molecule has 16 heavy (non-hydrogen) atoms. The van der Waals surface area contributed by atoms with Crippen molar-refractivity contribution in [2.75, 3.05) is 26.7 Å². The fourth-order valence-electron chi connectivity index (χ4n) is 1.41. The van der Waals surface area contributed by atoms with Gasteiger partial charge in [-0.15, -0.1) is 0 Å². The predicted octanol–water partition coefficient (Wildman–Crippen LogP) is -0.876. The molecule has 0 aromatic rings. The summed E-state index contributed by atoms with van der Waals surface area (Å²) in [6.45, 7) is 5.74. The summed E-state index contributed by atoms with van der Waals surface area (Å²) in [7, 11) is 1.88. The van der Waals surface area contributed by atoms with Crippen LogP contribution in [0.3, 0.4) is 0 Å². The standard InChI is InChI=1S/C10H20N4O2/c1-7(2)12-10(16)13-9(15)6-14(3)8-4-11-5-8/h7-8,11H,4-6H2,1-3H3,(H2,12,13,15,16). The van der Waals surface area contributed by atoms with Crippen LogP contribution in [0.5, 0.6) is 0 Å². The molecule has 0 bridgehead atoms. The number of nitrogens with zero attached hydrogens (tertiary/aromatic N) is 1. The molecule has 0 aromatic heterocycles. The van der Waals surface area contributed by atoms with Crippen LogP contribution < -0.4 is 16.0 Å². The van der Waals surface area contributed by atoms with Gasteiger partial charge in [0.15, 0.2) is 0 Å². The van der Waals surface area contributed by atoms with E-state index in [1.165, 1.54) is 0 Å². The third-order valence-electron chi connectivity index (χ3n) is 2.45. The minimum absolute atomic E-state index is 0.0290. The number of amides is 3. The van der Waals surface area contributed by atoms with Crippen LogP contribution in [-0.2, 0) is 4.79 Å². The first kappa shape index (κ1) is 12.9. The topological polar surface area (TPSA) is 73.5 Å². The maximum Gasteiger partial charge on any atom is 0.321 e. The van der Waals surface area contributed by atoms with Gasteiger partial charge < -0.3 is 10.6 Å². The summed E-state index contributed by atoms with van der Waals surface area (Å²) in [5.74, 6) is -0.271. The summed E-state index contributed by atoms with van der Waals surface area (Å²) < 4.78 is 0. The summed E-state index contributed by atoms with van der Waals surface area (Å²) in [6, 6.07) is 0.000376. The van der Waals surface area contributed by atoms with E-state index in [0.717, 1.165) is 13.1 Å². The van der Waals surface area contributed by atoms with E-state index in [1.54, 1.807) is 0 Å². The molecule has 1 heterocycles. The van der Waals surface area contributed by atoms with Gasteiger partial charge in [-0.25, -0.2) is 4.79 Å².